The first kappa shape index (κ1) is 14.7. The summed E-state index contributed by atoms with van der Waals surface area (Å²) in [6.45, 7) is 7.12. The first-order valence-corrected chi connectivity index (χ1v) is 5.82. The van der Waals surface area contributed by atoms with E-state index in [9.17, 15) is 9.59 Å². The molecular formula is C11H22N2O3. The summed E-state index contributed by atoms with van der Waals surface area (Å²) in [4.78, 5) is 24.0. The number of hydrogen-bond acceptors (Lipinski definition) is 2. The second kappa shape index (κ2) is 7.96. The van der Waals surface area contributed by atoms with Crippen LogP contribution in [0.15, 0.2) is 0 Å². The SMILES string of the molecule is CCCN(CC)C(=O)NC(CC)CC(=O)O. The van der Waals surface area contributed by atoms with Crippen LogP contribution >= 0.6 is 0 Å². The number of hydrogen-bond donors (Lipinski definition) is 2. The Bertz CT molecular complexity index is 231. The van der Waals surface area contributed by atoms with Gasteiger partial charge < -0.3 is 15.3 Å². The Balaban J connectivity index is 4.21. The summed E-state index contributed by atoms with van der Waals surface area (Å²) < 4.78 is 0. The predicted molar refractivity (Wildman–Crippen MR) is 62.4 cm³/mol. The van der Waals surface area contributed by atoms with Crippen LogP contribution < -0.4 is 5.32 Å². The number of urea groups is 1. The third kappa shape index (κ3) is 5.58. The maximum atomic E-state index is 11.7. The van der Waals surface area contributed by atoms with Crippen molar-refractivity contribution in [2.45, 2.75) is 46.1 Å². The number of carbonyl (C=O) groups is 2. The number of nitrogens with zero attached hydrogens (tertiary/aromatic N) is 1. The molecule has 0 spiro atoms. The fraction of sp³-hybridized carbons (Fsp3) is 0.818. The van der Waals surface area contributed by atoms with E-state index in [0.29, 0.717) is 19.5 Å². The molecule has 1 unspecified atom stereocenters. The van der Waals surface area contributed by atoms with Gasteiger partial charge in [-0.15, -0.1) is 0 Å². The van der Waals surface area contributed by atoms with E-state index in [-0.39, 0.29) is 18.5 Å². The van der Waals surface area contributed by atoms with Gasteiger partial charge in [-0.25, -0.2) is 4.79 Å². The van der Waals surface area contributed by atoms with Gasteiger partial charge in [0.15, 0.2) is 0 Å². The van der Waals surface area contributed by atoms with Crippen LogP contribution in [-0.2, 0) is 4.79 Å². The molecule has 0 rings (SSSR count). The zero-order valence-electron chi connectivity index (χ0n) is 10.3. The molecule has 2 N–H and O–H groups in total. The number of carboxylic acid groups (broad SMARTS) is 1. The van der Waals surface area contributed by atoms with Gasteiger partial charge in [0.1, 0.15) is 0 Å². The Morgan fingerprint density at radius 2 is 1.94 bits per heavy atom. The van der Waals surface area contributed by atoms with Crippen LogP contribution in [-0.4, -0.2) is 41.1 Å². The normalized spacial score (nSPS) is 11.9. The van der Waals surface area contributed by atoms with Crippen LogP contribution in [0.5, 0.6) is 0 Å². The molecule has 0 bridgehead atoms. The minimum absolute atomic E-state index is 0.0219. The second-order valence-corrected chi connectivity index (χ2v) is 3.73. The predicted octanol–water partition coefficient (Wildman–Crippen LogP) is 1.68. The van der Waals surface area contributed by atoms with Crippen molar-refractivity contribution < 1.29 is 14.7 Å². The number of amides is 2. The van der Waals surface area contributed by atoms with Crippen molar-refractivity contribution in [2.24, 2.45) is 0 Å². The van der Waals surface area contributed by atoms with Gasteiger partial charge in [0, 0.05) is 19.1 Å². The van der Waals surface area contributed by atoms with Crippen molar-refractivity contribution >= 4 is 12.0 Å². The zero-order chi connectivity index (χ0) is 12.6. The molecule has 0 saturated carbocycles. The number of aliphatic carboxylic acids is 1. The second-order valence-electron chi connectivity index (χ2n) is 3.73. The van der Waals surface area contributed by atoms with E-state index >= 15 is 0 Å². The van der Waals surface area contributed by atoms with E-state index < -0.39 is 5.97 Å². The number of carboxylic acids is 1. The molecule has 0 radical (unpaired) electrons. The van der Waals surface area contributed by atoms with Gasteiger partial charge in [0.25, 0.3) is 0 Å². The van der Waals surface area contributed by atoms with E-state index in [4.69, 9.17) is 5.11 Å². The van der Waals surface area contributed by atoms with Gasteiger partial charge in [-0.2, -0.15) is 0 Å². The molecule has 5 nitrogen and oxygen atoms in total. The largest absolute Gasteiger partial charge is 0.481 e. The summed E-state index contributed by atoms with van der Waals surface area (Å²) in [6.07, 6.45) is 1.50. The molecule has 0 aliphatic heterocycles. The number of nitrogens with one attached hydrogen (secondary N) is 1. The maximum Gasteiger partial charge on any atom is 0.317 e. The van der Waals surface area contributed by atoms with Gasteiger partial charge in [-0.1, -0.05) is 13.8 Å². The summed E-state index contributed by atoms with van der Waals surface area (Å²) in [6, 6.07) is -0.451. The lowest BCUT2D eigenvalue weighted by Gasteiger charge is -2.24. The lowest BCUT2D eigenvalue weighted by atomic mass is 10.1. The highest BCUT2D eigenvalue weighted by atomic mass is 16.4. The summed E-state index contributed by atoms with van der Waals surface area (Å²) in [5.74, 6) is -0.884. The molecule has 1 atom stereocenters. The Kier molecular flexibility index (Phi) is 7.33. The average Bonchev–Trinajstić information content (AvgIpc) is 2.23. The lowest BCUT2D eigenvalue weighted by molar-refractivity contribution is -0.137. The molecule has 16 heavy (non-hydrogen) atoms. The van der Waals surface area contributed by atoms with Crippen LogP contribution in [0.4, 0.5) is 4.79 Å². The van der Waals surface area contributed by atoms with Crippen LogP contribution in [0.2, 0.25) is 0 Å². The summed E-state index contributed by atoms with van der Waals surface area (Å²) >= 11 is 0. The molecule has 94 valence electrons. The third-order valence-corrected chi connectivity index (χ3v) is 2.40. The van der Waals surface area contributed by atoms with E-state index in [0.717, 1.165) is 6.42 Å². The highest BCUT2D eigenvalue weighted by Crippen LogP contribution is 2.00. The Morgan fingerprint density at radius 3 is 2.31 bits per heavy atom. The van der Waals surface area contributed by atoms with Gasteiger partial charge in [0.05, 0.1) is 6.42 Å². The van der Waals surface area contributed by atoms with Gasteiger partial charge in [-0.05, 0) is 19.8 Å². The molecule has 0 fully saturated rings. The number of rotatable bonds is 7. The van der Waals surface area contributed by atoms with Crippen LogP contribution in [0, 0.1) is 0 Å². The van der Waals surface area contributed by atoms with Crippen molar-refractivity contribution in [1.82, 2.24) is 10.2 Å². The van der Waals surface area contributed by atoms with Crippen molar-refractivity contribution in [3.63, 3.8) is 0 Å². The van der Waals surface area contributed by atoms with Gasteiger partial charge in [0.2, 0.25) is 0 Å². The summed E-state index contributed by atoms with van der Waals surface area (Å²) in [5, 5.41) is 11.4. The smallest absolute Gasteiger partial charge is 0.317 e. The van der Waals surface area contributed by atoms with Gasteiger partial charge >= 0.3 is 12.0 Å². The lowest BCUT2D eigenvalue weighted by Crippen LogP contribution is -2.45. The Morgan fingerprint density at radius 1 is 1.31 bits per heavy atom. The summed E-state index contributed by atoms with van der Waals surface area (Å²) in [7, 11) is 0. The van der Waals surface area contributed by atoms with E-state index in [1.165, 1.54) is 0 Å². The van der Waals surface area contributed by atoms with Crippen molar-refractivity contribution in [2.75, 3.05) is 13.1 Å². The fourth-order valence-electron chi connectivity index (χ4n) is 1.45. The van der Waals surface area contributed by atoms with Crippen LogP contribution in [0.25, 0.3) is 0 Å². The van der Waals surface area contributed by atoms with Crippen molar-refractivity contribution in [1.29, 1.82) is 0 Å². The standard InChI is InChI=1S/C11H22N2O3/c1-4-7-13(6-3)11(16)12-9(5-2)8-10(14)15/h9H,4-8H2,1-3H3,(H,12,16)(H,14,15). The Hall–Kier alpha value is -1.26. The molecular weight excluding hydrogens is 208 g/mol. The van der Waals surface area contributed by atoms with Crippen molar-refractivity contribution in [3.05, 3.63) is 0 Å². The minimum Gasteiger partial charge on any atom is -0.481 e. The molecule has 0 aromatic heterocycles. The number of carbonyl (C=O) groups excluding carboxylic acids is 1. The van der Waals surface area contributed by atoms with Gasteiger partial charge in [-0.3, -0.25) is 4.79 Å². The van der Waals surface area contributed by atoms with Crippen LogP contribution in [0.1, 0.15) is 40.0 Å². The van der Waals surface area contributed by atoms with Crippen LogP contribution in [0.3, 0.4) is 0 Å². The molecule has 2 amide bonds. The fourth-order valence-corrected chi connectivity index (χ4v) is 1.45. The molecule has 0 aliphatic rings. The van der Waals surface area contributed by atoms with Crippen molar-refractivity contribution in [3.8, 4) is 0 Å². The maximum absolute atomic E-state index is 11.7. The quantitative estimate of drug-likeness (QED) is 0.699. The summed E-state index contributed by atoms with van der Waals surface area (Å²) in [5.41, 5.74) is 0. The molecule has 0 aliphatic carbocycles. The average molecular weight is 230 g/mol. The highest BCUT2D eigenvalue weighted by Gasteiger charge is 2.17. The third-order valence-electron chi connectivity index (χ3n) is 2.40. The Labute approximate surface area is 96.8 Å². The molecule has 0 aromatic carbocycles. The molecule has 0 saturated heterocycles. The van der Waals surface area contributed by atoms with E-state index in [1.807, 2.05) is 20.8 Å². The van der Waals surface area contributed by atoms with E-state index in [2.05, 4.69) is 5.32 Å². The highest BCUT2D eigenvalue weighted by molar-refractivity contribution is 5.75. The molecule has 0 heterocycles. The first-order valence-electron chi connectivity index (χ1n) is 5.82. The zero-order valence-corrected chi connectivity index (χ0v) is 10.3. The molecule has 0 aromatic rings. The minimum atomic E-state index is -0.884. The monoisotopic (exact) mass is 230 g/mol. The van der Waals surface area contributed by atoms with E-state index in [1.54, 1.807) is 4.90 Å². The molecule has 5 heteroatoms. The first-order chi connectivity index (χ1) is 7.54. The topological polar surface area (TPSA) is 69.6 Å².